The lowest BCUT2D eigenvalue weighted by atomic mass is 10.1. The van der Waals surface area contributed by atoms with Gasteiger partial charge in [-0.25, -0.2) is 4.39 Å². The van der Waals surface area contributed by atoms with E-state index in [0.717, 1.165) is 39.2 Å². The van der Waals surface area contributed by atoms with Crippen molar-refractivity contribution in [1.82, 2.24) is 10.6 Å². The van der Waals surface area contributed by atoms with Crippen LogP contribution in [0, 0.1) is 11.7 Å². The minimum atomic E-state index is -0.356. The first kappa shape index (κ1) is 20.5. The third-order valence-corrected chi connectivity index (χ3v) is 4.08. The van der Waals surface area contributed by atoms with Crippen molar-refractivity contribution >= 4 is 5.96 Å². The summed E-state index contributed by atoms with van der Waals surface area (Å²) in [6, 6.07) is 6.40. The van der Waals surface area contributed by atoms with E-state index in [1.54, 1.807) is 25.2 Å². The highest BCUT2D eigenvalue weighted by atomic mass is 19.1. The number of para-hydroxylation sites is 1. The Labute approximate surface area is 155 Å². The summed E-state index contributed by atoms with van der Waals surface area (Å²) in [5.74, 6) is 1.15. The van der Waals surface area contributed by atoms with E-state index < -0.39 is 0 Å². The van der Waals surface area contributed by atoms with Crippen LogP contribution in [0.2, 0.25) is 0 Å². The van der Waals surface area contributed by atoms with Crippen molar-refractivity contribution in [3.63, 3.8) is 0 Å². The van der Waals surface area contributed by atoms with E-state index in [1.165, 1.54) is 6.07 Å². The molecule has 1 heterocycles. The second-order valence-electron chi connectivity index (χ2n) is 6.40. The highest BCUT2D eigenvalue weighted by molar-refractivity contribution is 5.79. The molecule has 0 saturated carbocycles. The summed E-state index contributed by atoms with van der Waals surface area (Å²) in [6.07, 6.45) is 1.81. The summed E-state index contributed by atoms with van der Waals surface area (Å²) in [5.41, 5.74) is 0. The first-order valence-electron chi connectivity index (χ1n) is 9.20. The van der Waals surface area contributed by atoms with E-state index in [4.69, 9.17) is 14.2 Å². The molecule has 2 N–H and O–H groups in total. The third kappa shape index (κ3) is 7.58. The molecule has 0 aromatic heterocycles. The van der Waals surface area contributed by atoms with Crippen LogP contribution in [-0.2, 0) is 9.47 Å². The van der Waals surface area contributed by atoms with Crippen LogP contribution in [0.1, 0.15) is 19.8 Å². The number of halogens is 1. The van der Waals surface area contributed by atoms with Gasteiger partial charge in [-0.1, -0.05) is 12.1 Å². The predicted octanol–water partition coefficient (Wildman–Crippen LogP) is 2.20. The second kappa shape index (κ2) is 11.7. The van der Waals surface area contributed by atoms with Crippen molar-refractivity contribution < 1.29 is 18.6 Å². The maximum Gasteiger partial charge on any atom is 0.191 e. The number of aliphatic imine (C=N–C) groups is 1. The van der Waals surface area contributed by atoms with Gasteiger partial charge in [0.2, 0.25) is 0 Å². The van der Waals surface area contributed by atoms with E-state index in [1.807, 2.05) is 6.92 Å². The van der Waals surface area contributed by atoms with Gasteiger partial charge in [-0.05, 0) is 31.9 Å². The number of hydrogen-bond donors (Lipinski definition) is 2. The van der Waals surface area contributed by atoms with E-state index in [2.05, 4.69) is 15.6 Å². The van der Waals surface area contributed by atoms with Gasteiger partial charge >= 0.3 is 0 Å². The van der Waals surface area contributed by atoms with E-state index >= 15 is 0 Å². The van der Waals surface area contributed by atoms with Crippen LogP contribution in [0.15, 0.2) is 29.3 Å². The maximum atomic E-state index is 13.6. The summed E-state index contributed by atoms with van der Waals surface area (Å²) in [7, 11) is 1.72. The molecule has 0 radical (unpaired) electrons. The van der Waals surface area contributed by atoms with Gasteiger partial charge in [0.1, 0.15) is 6.10 Å². The number of benzene rings is 1. The van der Waals surface area contributed by atoms with Crippen molar-refractivity contribution in [2.45, 2.75) is 25.9 Å². The molecule has 1 aromatic carbocycles. The summed E-state index contributed by atoms with van der Waals surface area (Å²) < 4.78 is 30.2. The average Bonchev–Trinajstić information content (AvgIpc) is 3.16. The molecule has 6 nitrogen and oxygen atoms in total. The molecule has 0 aliphatic carbocycles. The number of nitrogens with zero attached hydrogens (tertiary/aromatic N) is 1. The smallest absolute Gasteiger partial charge is 0.191 e. The molecule has 2 unspecified atom stereocenters. The fraction of sp³-hybridized carbons (Fsp3) is 0.632. The number of rotatable bonds is 10. The van der Waals surface area contributed by atoms with Gasteiger partial charge in [-0.15, -0.1) is 0 Å². The Bertz CT molecular complexity index is 551. The molecule has 1 fully saturated rings. The van der Waals surface area contributed by atoms with E-state index in [-0.39, 0.29) is 17.7 Å². The molecule has 0 amide bonds. The Kier molecular flexibility index (Phi) is 9.20. The number of ether oxygens (including phenoxy) is 3. The van der Waals surface area contributed by atoms with Crippen molar-refractivity contribution in [3.8, 4) is 5.75 Å². The van der Waals surface area contributed by atoms with E-state index in [0.29, 0.717) is 25.0 Å². The SMILES string of the molecule is CN=C(NCCCOCC1CCOC1)NCC(C)Oc1ccccc1F. The van der Waals surface area contributed by atoms with Crippen LogP contribution in [0.25, 0.3) is 0 Å². The molecule has 146 valence electrons. The Morgan fingerprint density at radius 2 is 2.23 bits per heavy atom. The molecule has 1 aliphatic rings. The first-order chi connectivity index (χ1) is 12.7. The molecule has 7 heteroatoms. The van der Waals surface area contributed by atoms with Crippen molar-refractivity contribution in [1.29, 1.82) is 0 Å². The zero-order chi connectivity index (χ0) is 18.6. The minimum absolute atomic E-state index is 0.192. The average molecular weight is 367 g/mol. The van der Waals surface area contributed by atoms with Crippen LogP contribution in [0.4, 0.5) is 4.39 Å². The molecule has 2 atom stereocenters. The number of hydrogen-bond acceptors (Lipinski definition) is 4. The van der Waals surface area contributed by atoms with Crippen molar-refractivity contribution in [2.75, 3.05) is 46.6 Å². The molecule has 2 rings (SSSR count). The summed E-state index contributed by atoms with van der Waals surface area (Å²) in [4.78, 5) is 4.17. The van der Waals surface area contributed by atoms with Crippen LogP contribution in [0.5, 0.6) is 5.75 Å². The highest BCUT2D eigenvalue weighted by Gasteiger charge is 2.15. The van der Waals surface area contributed by atoms with Crippen LogP contribution in [0.3, 0.4) is 0 Å². The van der Waals surface area contributed by atoms with Crippen LogP contribution >= 0.6 is 0 Å². The van der Waals surface area contributed by atoms with Gasteiger partial charge in [0, 0.05) is 32.7 Å². The molecule has 0 spiro atoms. The monoisotopic (exact) mass is 367 g/mol. The predicted molar refractivity (Wildman–Crippen MR) is 100 cm³/mol. The Morgan fingerprint density at radius 1 is 1.38 bits per heavy atom. The van der Waals surface area contributed by atoms with Crippen LogP contribution < -0.4 is 15.4 Å². The third-order valence-electron chi connectivity index (χ3n) is 4.08. The molecule has 1 saturated heterocycles. The first-order valence-corrected chi connectivity index (χ1v) is 9.20. The molecule has 1 aromatic rings. The van der Waals surface area contributed by atoms with Gasteiger partial charge in [-0.2, -0.15) is 0 Å². The fourth-order valence-corrected chi connectivity index (χ4v) is 2.61. The van der Waals surface area contributed by atoms with Gasteiger partial charge in [0.25, 0.3) is 0 Å². The second-order valence-corrected chi connectivity index (χ2v) is 6.40. The highest BCUT2D eigenvalue weighted by Crippen LogP contribution is 2.16. The zero-order valence-electron chi connectivity index (χ0n) is 15.7. The van der Waals surface area contributed by atoms with E-state index in [9.17, 15) is 4.39 Å². The lowest BCUT2D eigenvalue weighted by Gasteiger charge is -2.18. The number of guanidine groups is 1. The Balaban J connectivity index is 1.54. The van der Waals surface area contributed by atoms with Crippen LogP contribution in [-0.4, -0.2) is 58.6 Å². The summed E-state index contributed by atoms with van der Waals surface area (Å²) in [5, 5.41) is 6.41. The summed E-state index contributed by atoms with van der Waals surface area (Å²) in [6.45, 7) is 6.34. The standard InChI is InChI=1S/C19H30FN3O3/c1-15(26-18-7-4-3-6-17(18)20)12-23-19(21-2)22-9-5-10-24-13-16-8-11-25-14-16/h3-4,6-7,15-16H,5,8-14H2,1-2H3,(H2,21,22,23). The lowest BCUT2D eigenvalue weighted by molar-refractivity contribution is 0.0888. The quantitative estimate of drug-likeness (QED) is 0.377. The van der Waals surface area contributed by atoms with Crippen molar-refractivity contribution in [2.24, 2.45) is 10.9 Å². The Morgan fingerprint density at radius 3 is 2.96 bits per heavy atom. The molecule has 1 aliphatic heterocycles. The Hall–Kier alpha value is -1.86. The van der Waals surface area contributed by atoms with Gasteiger partial charge in [0.15, 0.2) is 17.5 Å². The maximum absolute atomic E-state index is 13.6. The largest absolute Gasteiger partial charge is 0.486 e. The lowest BCUT2D eigenvalue weighted by Crippen LogP contribution is -2.42. The zero-order valence-corrected chi connectivity index (χ0v) is 15.7. The molecular weight excluding hydrogens is 337 g/mol. The topological polar surface area (TPSA) is 64.1 Å². The minimum Gasteiger partial charge on any atom is -0.486 e. The van der Waals surface area contributed by atoms with Crippen molar-refractivity contribution in [3.05, 3.63) is 30.1 Å². The van der Waals surface area contributed by atoms with Gasteiger partial charge in [-0.3, -0.25) is 4.99 Å². The summed E-state index contributed by atoms with van der Waals surface area (Å²) >= 11 is 0. The molecular formula is C19H30FN3O3. The fourth-order valence-electron chi connectivity index (χ4n) is 2.61. The number of nitrogens with one attached hydrogen (secondary N) is 2. The normalized spacial score (nSPS) is 18.6. The van der Waals surface area contributed by atoms with Gasteiger partial charge < -0.3 is 24.8 Å². The van der Waals surface area contributed by atoms with Gasteiger partial charge in [0.05, 0.1) is 19.8 Å². The molecule has 26 heavy (non-hydrogen) atoms. The molecule has 0 bridgehead atoms.